The summed E-state index contributed by atoms with van der Waals surface area (Å²) in [6.45, 7) is 0.542. The Bertz CT molecular complexity index is 663. The SMILES string of the molecule is COc1ccc2cc(CNC(=O)NC3CCCC3)ccc2c1. The van der Waals surface area contributed by atoms with Crippen molar-refractivity contribution in [2.75, 3.05) is 7.11 Å². The van der Waals surface area contributed by atoms with E-state index in [0.717, 1.165) is 34.9 Å². The molecule has 1 aliphatic rings. The predicted molar refractivity (Wildman–Crippen MR) is 88.1 cm³/mol. The fourth-order valence-electron chi connectivity index (χ4n) is 3.00. The number of methoxy groups -OCH3 is 1. The molecule has 2 amide bonds. The van der Waals surface area contributed by atoms with E-state index >= 15 is 0 Å². The first-order chi connectivity index (χ1) is 10.7. The lowest BCUT2D eigenvalue weighted by atomic mass is 10.1. The van der Waals surface area contributed by atoms with Crippen molar-refractivity contribution in [3.8, 4) is 5.75 Å². The van der Waals surface area contributed by atoms with Crippen LogP contribution in [0.3, 0.4) is 0 Å². The van der Waals surface area contributed by atoms with Gasteiger partial charge >= 0.3 is 6.03 Å². The van der Waals surface area contributed by atoms with Gasteiger partial charge in [0.25, 0.3) is 0 Å². The van der Waals surface area contributed by atoms with Gasteiger partial charge < -0.3 is 15.4 Å². The summed E-state index contributed by atoms with van der Waals surface area (Å²) in [4.78, 5) is 11.9. The number of carbonyl (C=O) groups excluding carboxylic acids is 1. The van der Waals surface area contributed by atoms with Crippen molar-refractivity contribution in [1.82, 2.24) is 10.6 Å². The quantitative estimate of drug-likeness (QED) is 0.906. The first kappa shape index (κ1) is 14.7. The minimum atomic E-state index is -0.0678. The number of hydrogen-bond donors (Lipinski definition) is 2. The number of ether oxygens (including phenoxy) is 1. The highest BCUT2D eigenvalue weighted by Gasteiger charge is 2.16. The van der Waals surface area contributed by atoms with Crippen molar-refractivity contribution in [3.63, 3.8) is 0 Å². The maximum Gasteiger partial charge on any atom is 0.315 e. The van der Waals surface area contributed by atoms with Crippen molar-refractivity contribution in [2.24, 2.45) is 0 Å². The topological polar surface area (TPSA) is 50.4 Å². The van der Waals surface area contributed by atoms with Crippen LogP contribution in [0.25, 0.3) is 10.8 Å². The van der Waals surface area contributed by atoms with Crippen LogP contribution in [0.1, 0.15) is 31.2 Å². The second-order valence-electron chi connectivity index (χ2n) is 5.86. The van der Waals surface area contributed by atoms with Crippen LogP contribution in [-0.2, 0) is 6.54 Å². The maximum atomic E-state index is 11.9. The van der Waals surface area contributed by atoms with Crippen LogP contribution in [0.5, 0.6) is 5.75 Å². The molecule has 4 nitrogen and oxygen atoms in total. The van der Waals surface area contributed by atoms with Crippen LogP contribution in [0.2, 0.25) is 0 Å². The molecule has 0 atom stereocenters. The van der Waals surface area contributed by atoms with Crippen LogP contribution in [-0.4, -0.2) is 19.2 Å². The molecule has 0 radical (unpaired) electrons. The van der Waals surface area contributed by atoms with Gasteiger partial charge in [-0.2, -0.15) is 0 Å². The van der Waals surface area contributed by atoms with Crippen LogP contribution in [0, 0.1) is 0 Å². The van der Waals surface area contributed by atoms with E-state index in [-0.39, 0.29) is 6.03 Å². The number of urea groups is 1. The molecule has 116 valence electrons. The third-order valence-corrected chi connectivity index (χ3v) is 4.26. The first-order valence-corrected chi connectivity index (χ1v) is 7.85. The summed E-state index contributed by atoms with van der Waals surface area (Å²) in [7, 11) is 1.67. The molecule has 3 rings (SSSR count). The molecule has 0 saturated heterocycles. The summed E-state index contributed by atoms with van der Waals surface area (Å²) in [5.74, 6) is 0.856. The van der Waals surface area contributed by atoms with E-state index in [2.05, 4.69) is 22.8 Å². The molecule has 2 aromatic rings. The van der Waals surface area contributed by atoms with E-state index in [1.807, 2.05) is 24.3 Å². The summed E-state index contributed by atoms with van der Waals surface area (Å²) < 4.78 is 5.23. The standard InChI is InChI=1S/C18H22N2O2/c1-22-17-9-8-14-10-13(6-7-15(14)11-17)12-19-18(21)20-16-4-2-3-5-16/h6-11,16H,2-5,12H2,1H3,(H2,19,20,21). The van der Waals surface area contributed by atoms with Crippen LogP contribution in [0.4, 0.5) is 4.79 Å². The van der Waals surface area contributed by atoms with Crippen molar-refractivity contribution < 1.29 is 9.53 Å². The third-order valence-electron chi connectivity index (χ3n) is 4.26. The second kappa shape index (κ2) is 6.69. The van der Waals surface area contributed by atoms with Gasteiger partial charge in [0.2, 0.25) is 0 Å². The molecule has 1 fully saturated rings. The van der Waals surface area contributed by atoms with Gasteiger partial charge in [-0.25, -0.2) is 4.79 Å². The molecule has 0 heterocycles. The largest absolute Gasteiger partial charge is 0.497 e. The number of amides is 2. The number of rotatable bonds is 4. The minimum absolute atomic E-state index is 0.0678. The second-order valence-corrected chi connectivity index (χ2v) is 5.86. The van der Waals surface area contributed by atoms with Gasteiger partial charge in [-0.3, -0.25) is 0 Å². The Kier molecular flexibility index (Phi) is 4.47. The third kappa shape index (κ3) is 3.50. The summed E-state index contributed by atoms with van der Waals surface area (Å²) >= 11 is 0. The normalized spacial score (nSPS) is 15.0. The Balaban J connectivity index is 1.60. The van der Waals surface area contributed by atoms with Gasteiger partial charge in [0, 0.05) is 12.6 Å². The number of benzene rings is 2. The van der Waals surface area contributed by atoms with Crippen LogP contribution in [0.15, 0.2) is 36.4 Å². The monoisotopic (exact) mass is 298 g/mol. The van der Waals surface area contributed by atoms with Gasteiger partial charge in [-0.05, 0) is 47.4 Å². The lowest BCUT2D eigenvalue weighted by Gasteiger charge is -2.13. The summed E-state index contributed by atoms with van der Waals surface area (Å²) in [6, 6.07) is 12.5. The molecule has 22 heavy (non-hydrogen) atoms. The lowest BCUT2D eigenvalue weighted by molar-refractivity contribution is 0.236. The molecule has 1 aliphatic carbocycles. The Morgan fingerprint density at radius 2 is 1.86 bits per heavy atom. The highest BCUT2D eigenvalue weighted by atomic mass is 16.5. The predicted octanol–water partition coefficient (Wildman–Crippen LogP) is 3.59. The molecule has 0 spiro atoms. The molecular formula is C18H22N2O2. The van der Waals surface area contributed by atoms with Gasteiger partial charge in [0.15, 0.2) is 0 Å². The number of carbonyl (C=O) groups is 1. The molecule has 0 aromatic heterocycles. The molecule has 0 bridgehead atoms. The molecule has 4 heteroatoms. The molecular weight excluding hydrogens is 276 g/mol. The zero-order valence-corrected chi connectivity index (χ0v) is 12.9. The number of hydrogen-bond acceptors (Lipinski definition) is 2. The zero-order valence-electron chi connectivity index (χ0n) is 12.9. The summed E-state index contributed by atoms with van der Waals surface area (Å²) in [6.07, 6.45) is 4.65. The molecule has 0 aliphatic heterocycles. The van der Waals surface area contributed by atoms with Crippen molar-refractivity contribution >= 4 is 16.8 Å². The van der Waals surface area contributed by atoms with Gasteiger partial charge in [-0.1, -0.05) is 31.0 Å². The Labute approximate surface area is 130 Å². The van der Waals surface area contributed by atoms with E-state index in [4.69, 9.17) is 4.74 Å². The summed E-state index contributed by atoms with van der Waals surface area (Å²) in [5.41, 5.74) is 1.10. The van der Waals surface area contributed by atoms with E-state index < -0.39 is 0 Å². The lowest BCUT2D eigenvalue weighted by Crippen LogP contribution is -2.40. The highest BCUT2D eigenvalue weighted by Crippen LogP contribution is 2.22. The zero-order chi connectivity index (χ0) is 15.4. The van der Waals surface area contributed by atoms with Crippen molar-refractivity contribution in [3.05, 3.63) is 42.0 Å². The highest BCUT2D eigenvalue weighted by molar-refractivity contribution is 5.84. The average molecular weight is 298 g/mol. The maximum absolute atomic E-state index is 11.9. The van der Waals surface area contributed by atoms with Crippen LogP contribution < -0.4 is 15.4 Å². The van der Waals surface area contributed by atoms with Gasteiger partial charge in [0.1, 0.15) is 5.75 Å². The smallest absolute Gasteiger partial charge is 0.315 e. The minimum Gasteiger partial charge on any atom is -0.497 e. The average Bonchev–Trinajstić information content (AvgIpc) is 3.05. The molecule has 2 N–H and O–H groups in total. The van der Waals surface area contributed by atoms with E-state index in [9.17, 15) is 4.79 Å². The Morgan fingerprint density at radius 3 is 2.64 bits per heavy atom. The van der Waals surface area contributed by atoms with Crippen LogP contribution >= 0.6 is 0 Å². The Morgan fingerprint density at radius 1 is 1.14 bits per heavy atom. The van der Waals surface area contributed by atoms with Gasteiger partial charge in [0.05, 0.1) is 7.11 Å². The number of fused-ring (bicyclic) bond motifs is 1. The van der Waals surface area contributed by atoms with E-state index in [1.54, 1.807) is 7.11 Å². The fourth-order valence-corrected chi connectivity index (χ4v) is 3.00. The first-order valence-electron chi connectivity index (χ1n) is 7.85. The van der Waals surface area contributed by atoms with E-state index in [0.29, 0.717) is 12.6 Å². The summed E-state index contributed by atoms with van der Waals surface area (Å²) in [5, 5.41) is 8.26. The molecule has 0 unspecified atom stereocenters. The molecule has 1 saturated carbocycles. The molecule has 2 aromatic carbocycles. The number of nitrogens with one attached hydrogen (secondary N) is 2. The fraction of sp³-hybridized carbons (Fsp3) is 0.389. The van der Waals surface area contributed by atoms with Gasteiger partial charge in [-0.15, -0.1) is 0 Å². The van der Waals surface area contributed by atoms with Crippen molar-refractivity contribution in [1.29, 1.82) is 0 Å². The Hall–Kier alpha value is -2.23. The van der Waals surface area contributed by atoms with Crippen molar-refractivity contribution in [2.45, 2.75) is 38.3 Å². The van der Waals surface area contributed by atoms with E-state index in [1.165, 1.54) is 12.8 Å².